The predicted molar refractivity (Wildman–Crippen MR) is 65.3 cm³/mol. The summed E-state index contributed by atoms with van der Waals surface area (Å²) in [6.45, 7) is 5.43. The van der Waals surface area contributed by atoms with E-state index >= 15 is 0 Å². The number of hydrogen-bond acceptors (Lipinski definition) is 2. The van der Waals surface area contributed by atoms with Crippen LogP contribution in [0.15, 0.2) is 53.5 Å². The minimum absolute atomic E-state index is 0.0998. The van der Waals surface area contributed by atoms with E-state index in [9.17, 15) is 4.79 Å². The SMILES string of the molecule is C=CC=CC=CC(=O)CCc1ccc(C)o1. The van der Waals surface area contributed by atoms with Crippen molar-refractivity contribution < 1.29 is 9.21 Å². The number of rotatable bonds is 6. The Bertz CT molecular complexity index is 408. The van der Waals surface area contributed by atoms with Crippen LogP contribution >= 0.6 is 0 Å². The maximum atomic E-state index is 11.4. The summed E-state index contributed by atoms with van der Waals surface area (Å²) in [6.07, 6.45) is 9.64. The standard InChI is InChI=1S/C14H16O2/c1-3-4-5-6-7-13(15)9-11-14-10-8-12(2)16-14/h3-8,10H,1,9,11H2,2H3. The number of carbonyl (C=O) groups excluding carboxylic acids is 1. The maximum absolute atomic E-state index is 11.4. The molecule has 0 amide bonds. The fraction of sp³-hybridized carbons (Fsp3) is 0.214. The van der Waals surface area contributed by atoms with Crippen molar-refractivity contribution in [3.05, 3.63) is 60.6 Å². The lowest BCUT2D eigenvalue weighted by Crippen LogP contribution is -1.94. The molecule has 0 radical (unpaired) electrons. The van der Waals surface area contributed by atoms with E-state index in [1.54, 1.807) is 30.4 Å². The zero-order valence-corrected chi connectivity index (χ0v) is 9.48. The first-order valence-corrected chi connectivity index (χ1v) is 5.26. The van der Waals surface area contributed by atoms with Crippen molar-refractivity contribution in [1.82, 2.24) is 0 Å². The number of hydrogen-bond donors (Lipinski definition) is 0. The van der Waals surface area contributed by atoms with Gasteiger partial charge in [0.15, 0.2) is 5.78 Å². The average Bonchev–Trinajstić information content (AvgIpc) is 2.68. The lowest BCUT2D eigenvalue weighted by atomic mass is 10.2. The molecule has 1 rings (SSSR count). The topological polar surface area (TPSA) is 30.2 Å². The number of ketones is 1. The van der Waals surface area contributed by atoms with Crippen molar-refractivity contribution >= 4 is 5.78 Å². The van der Waals surface area contributed by atoms with Gasteiger partial charge in [-0.1, -0.05) is 30.9 Å². The van der Waals surface area contributed by atoms with Crippen LogP contribution in [-0.2, 0) is 11.2 Å². The summed E-state index contributed by atoms with van der Waals surface area (Å²) < 4.78 is 5.37. The van der Waals surface area contributed by atoms with Gasteiger partial charge in [0.1, 0.15) is 11.5 Å². The molecule has 0 N–H and O–H groups in total. The Kier molecular flexibility index (Phi) is 5.06. The highest BCUT2D eigenvalue weighted by atomic mass is 16.3. The summed E-state index contributed by atoms with van der Waals surface area (Å²) in [7, 11) is 0. The van der Waals surface area contributed by atoms with Gasteiger partial charge in [0.05, 0.1) is 0 Å². The van der Waals surface area contributed by atoms with Gasteiger partial charge in [0.2, 0.25) is 0 Å². The Hall–Kier alpha value is -1.83. The van der Waals surface area contributed by atoms with Crippen LogP contribution < -0.4 is 0 Å². The van der Waals surface area contributed by atoms with Gasteiger partial charge >= 0.3 is 0 Å². The second kappa shape index (κ2) is 6.62. The molecular formula is C14H16O2. The van der Waals surface area contributed by atoms with Crippen molar-refractivity contribution in [2.45, 2.75) is 19.8 Å². The van der Waals surface area contributed by atoms with Gasteiger partial charge < -0.3 is 4.42 Å². The van der Waals surface area contributed by atoms with E-state index in [1.165, 1.54) is 0 Å². The Morgan fingerprint density at radius 2 is 2.19 bits per heavy atom. The van der Waals surface area contributed by atoms with E-state index in [0.29, 0.717) is 12.8 Å². The highest BCUT2D eigenvalue weighted by Crippen LogP contribution is 2.08. The van der Waals surface area contributed by atoms with Crippen LogP contribution in [0.25, 0.3) is 0 Å². The molecule has 0 unspecified atom stereocenters. The first kappa shape index (κ1) is 12.2. The zero-order chi connectivity index (χ0) is 11.8. The molecule has 1 aromatic rings. The Morgan fingerprint density at radius 3 is 2.81 bits per heavy atom. The lowest BCUT2D eigenvalue weighted by molar-refractivity contribution is -0.114. The molecular weight excluding hydrogens is 200 g/mol. The van der Waals surface area contributed by atoms with E-state index in [1.807, 2.05) is 19.1 Å². The normalized spacial score (nSPS) is 11.3. The molecule has 0 fully saturated rings. The van der Waals surface area contributed by atoms with E-state index < -0.39 is 0 Å². The van der Waals surface area contributed by atoms with Crippen LogP contribution in [0, 0.1) is 6.92 Å². The third-order valence-corrected chi connectivity index (χ3v) is 2.05. The fourth-order valence-corrected chi connectivity index (χ4v) is 1.25. The Balaban J connectivity index is 2.32. The molecule has 84 valence electrons. The second-order valence-electron chi connectivity index (χ2n) is 3.46. The number of allylic oxidation sites excluding steroid dienone is 5. The average molecular weight is 216 g/mol. The minimum atomic E-state index is 0.0998. The largest absolute Gasteiger partial charge is 0.466 e. The van der Waals surface area contributed by atoms with Crippen molar-refractivity contribution in [2.24, 2.45) is 0 Å². The monoisotopic (exact) mass is 216 g/mol. The molecule has 2 nitrogen and oxygen atoms in total. The molecule has 1 heterocycles. The number of carbonyl (C=O) groups is 1. The number of furan rings is 1. The molecule has 0 atom stereocenters. The summed E-state index contributed by atoms with van der Waals surface area (Å²) in [5, 5.41) is 0. The molecule has 2 heteroatoms. The first-order valence-electron chi connectivity index (χ1n) is 5.26. The zero-order valence-electron chi connectivity index (χ0n) is 9.48. The Labute approximate surface area is 96.0 Å². The van der Waals surface area contributed by atoms with Gasteiger partial charge in [-0.25, -0.2) is 0 Å². The highest BCUT2D eigenvalue weighted by molar-refractivity contribution is 5.89. The van der Waals surface area contributed by atoms with E-state index in [4.69, 9.17) is 4.42 Å². The molecule has 0 aliphatic carbocycles. The van der Waals surface area contributed by atoms with Gasteiger partial charge in [0, 0.05) is 12.8 Å². The van der Waals surface area contributed by atoms with Gasteiger partial charge in [-0.15, -0.1) is 0 Å². The molecule has 0 saturated heterocycles. The smallest absolute Gasteiger partial charge is 0.156 e. The van der Waals surface area contributed by atoms with Gasteiger partial charge in [-0.05, 0) is 25.1 Å². The van der Waals surface area contributed by atoms with Crippen LogP contribution in [0.2, 0.25) is 0 Å². The van der Waals surface area contributed by atoms with Crippen molar-refractivity contribution in [2.75, 3.05) is 0 Å². The van der Waals surface area contributed by atoms with Gasteiger partial charge in [-0.2, -0.15) is 0 Å². The first-order chi connectivity index (χ1) is 7.72. The number of aryl methyl sites for hydroxylation is 2. The maximum Gasteiger partial charge on any atom is 0.156 e. The molecule has 0 bridgehead atoms. The van der Waals surface area contributed by atoms with Crippen LogP contribution in [0.3, 0.4) is 0 Å². The Morgan fingerprint density at radius 1 is 1.38 bits per heavy atom. The summed E-state index contributed by atoms with van der Waals surface area (Å²) in [5.74, 6) is 1.84. The molecule has 0 aromatic carbocycles. The van der Waals surface area contributed by atoms with Gasteiger partial charge in [-0.3, -0.25) is 4.79 Å². The minimum Gasteiger partial charge on any atom is -0.466 e. The van der Waals surface area contributed by atoms with Crippen molar-refractivity contribution in [3.63, 3.8) is 0 Å². The van der Waals surface area contributed by atoms with Crippen LogP contribution in [0.4, 0.5) is 0 Å². The lowest BCUT2D eigenvalue weighted by Gasteiger charge is -1.93. The molecule has 0 aliphatic rings. The van der Waals surface area contributed by atoms with Gasteiger partial charge in [0.25, 0.3) is 0 Å². The van der Waals surface area contributed by atoms with Crippen LogP contribution in [0.5, 0.6) is 0 Å². The third kappa shape index (κ3) is 4.60. The molecule has 1 aromatic heterocycles. The van der Waals surface area contributed by atoms with Crippen molar-refractivity contribution in [1.29, 1.82) is 0 Å². The second-order valence-corrected chi connectivity index (χ2v) is 3.46. The third-order valence-electron chi connectivity index (χ3n) is 2.05. The molecule has 16 heavy (non-hydrogen) atoms. The predicted octanol–water partition coefficient (Wildman–Crippen LogP) is 3.39. The fourth-order valence-electron chi connectivity index (χ4n) is 1.25. The quantitative estimate of drug-likeness (QED) is 0.539. The van der Waals surface area contributed by atoms with E-state index in [2.05, 4.69) is 6.58 Å². The van der Waals surface area contributed by atoms with E-state index in [0.717, 1.165) is 11.5 Å². The summed E-state index contributed by atoms with van der Waals surface area (Å²) >= 11 is 0. The summed E-state index contributed by atoms with van der Waals surface area (Å²) in [4.78, 5) is 11.4. The molecule has 0 aliphatic heterocycles. The van der Waals surface area contributed by atoms with Crippen LogP contribution in [0.1, 0.15) is 17.9 Å². The van der Waals surface area contributed by atoms with E-state index in [-0.39, 0.29) is 5.78 Å². The summed E-state index contributed by atoms with van der Waals surface area (Å²) in [6, 6.07) is 3.81. The van der Waals surface area contributed by atoms with Crippen molar-refractivity contribution in [3.8, 4) is 0 Å². The molecule has 0 saturated carbocycles. The highest BCUT2D eigenvalue weighted by Gasteiger charge is 2.01. The summed E-state index contributed by atoms with van der Waals surface area (Å²) in [5.41, 5.74) is 0. The van der Waals surface area contributed by atoms with Crippen LogP contribution in [-0.4, -0.2) is 5.78 Å². The molecule has 0 spiro atoms.